The van der Waals surface area contributed by atoms with E-state index in [1.54, 1.807) is 13.8 Å². The summed E-state index contributed by atoms with van der Waals surface area (Å²) in [6, 6.07) is -5.87. The number of nitrogens with one attached hydrogen (secondary N) is 2. The molecule has 286 valence electrons. The number of thiol groups is 1. The summed E-state index contributed by atoms with van der Waals surface area (Å²) in [7, 11) is 0. The normalized spacial score (nSPS) is 20.1. The predicted molar refractivity (Wildman–Crippen MR) is 198 cm³/mol. The molecule has 0 aliphatic heterocycles. The van der Waals surface area contributed by atoms with Gasteiger partial charge in [-0.25, -0.2) is 0 Å². The number of aldehydes is 1. The van der Waals surface area contributed by atoms with Crippen LogP contribution in [0.3, 0.4) is 0 Å². The van der Waals surface area contributed by atoms with Crippen molar-refractivity contribution in [2.75, 3.05) is 12.3 Å². The van der Waals surface area contributed by atoms with E-state index < -0.39 is 71.1 Å². The molecule has 2 saturated carbocycles. The lowest BCUT2D eigenvalue weighted by Crippen LogP contribution is -2.74. The van der Waals surface area contributed by atoms with Crippen molar-refractivity contribution in [2.24, 2.45) is 40.7 Å². The molecule has 14 heteroatoms. The van der Waals surface area contributed by atoms with Gasteiger partial charge in [-0.15, -0.1) is 0 Å². The summed E-state index contributed by atoms with van der Waals surface area (Å²) in [5.41, 5.74) is 22.5. The highest BCUT2D eigenvalue weighted by atomic mass is 32.1. The van der Waals surface area contributed by atoms with Crippen molar-refractivity contribution >= 4 is 48.3 Å². The number of carbonyl (C=O) groups excluding carboxylic acids is 6. The molecule has 0 aromatic carbocycles. The van der Waals surface area contributed by atoms with Crippen LogP contribution in [0.5, 0.6) is 0 Å². The SMILES string of the molecule is CC(C)CC(C(=O)NC(C=O)CS)(C(=O)[C@@H](N)CC1CCCCC1)N(C(=O)C(C)NC(=O)C(N)CCCCN)C(=O)[C@@H](N)CC1CCCCC1. The largest absolute Gasteiger partial charge is 0.343 e. The third-order valence-electron chi connectivity index (χ3n) is 10.3. The minimum absolute atomic E-state index is 0.0904. The van der Waals surface area contributed by atoms with E-state index in [9.17, 15) is 28.8 Å². The van der Waals surface area contributed by atoms with Crippen LogP contribution in [-0.4, -0.2) is 88.6 Å². The Kier molecular flexibility index (Phi) is 19.1. The second kappa shape index (κ2) is 21.9. The summed E-state index contributed by atoms with van der Waals surface area (Å²) in [6.07, 6.45) is 12.0. The maximum absolute atomic E-state index is 14.9. The Bertz CT molecular complexity index is 1130. The molecule has 13 nitrogen and oxygen atoms in total. The second-order valence-corrected chi connectivity index (χ2v) is 15.4. The molecule has 2 aliphatic rings. The first-order valence-corrected chi connectivity index (χ1v) is 19.4. The quantitative estimate of drug-likeness (QED) is 0.0393. The highest BCUT2D eigenvalue weighted by Gasteiger charge is 2.58. The number of hydrogen-bond donors (Lipinski definition) is 7. The predicted octanol–water partition coefficient (Wildman–Crippen LogP) is 1.87. The Labute approximate surface area is 304 Å². The summed E-state index contributed by atoms with van der Waals surface area (Å²) >= 11 is 4.19. The summed E-state index contributed by atoms with van der Waals surface area (Å²) in [6.45, 7) is 5.35. The lowest BCUT2D eigenvalue weighted by molar-refractivity contribution is -0.167. The first kappa shape index (κ1) is 43.8. The van der Waals surface area contributed by atoms with E-state index in [1.807, 2.05) is 0 Å². The molecular weight excluding hydrogens is 659 g/mol. The number of nitrogens with two attached hydrogens (primary N) is 4. The first-order chi connectivity index (χ1) is 23.7. The van der Waals surface area contributed by atoms with Crippen molar-refractivity contribution in [3.8, 4) is 0 Å². The molecule has 6 atom stereocenters. The van der Waals surface area contributed by atoms with Crippen LogP contribution in [0, 0.1) is 17.8 Å². The van der Waals surface area contributed by atoms with Crippen molar-refractivity contribution in [3.63, 3.8) is 0 Å². The van der Waals surface area contributed by atoms with Crippen LogP contribution >= 0.6 is 12.6 Å². The number of imide groups is 1. The van der Waals surface area contributed by atoms with Gasteiger partial charge >= 0.3 is 0 Å². The molecule has 0 spiro atoms. The van der Waals surface area contributed by atoms with E-state index in [0.717, 1.165) is 64.2 Å². The maximum Gasteiger partial charge on any atom is 0.254 e. The molecule has 0 saturated heterocycles. The minimum atomic E-state index is -2.47. The summed E-state index contributed by atoms with van der Waals surface area (Å²) < 4.78 is 0. The van der Waals surface area contributed by atoms with Gasteiger partial charge in [0.05, 0.1) is 24.2 Å². The molecule has 0 aromatic rings. The van der Waals surface area contributed by atoms with Crippen LogP contribution in [0.1, 0.15) is 124 Å². The number of ketones is 1. The summed E-state index contributed by atoms with van der Waals surface area (Å²) in [5.74, 6) is -4.57. The van der Waals surface area contributed by atoms with Gasteiger partial charge < -0.3 is 38.4 Å². The lowest BCUT2D eigenvalue weighted by atomic mass is 9.75. The smallest absolute Gasteiger partial charge is 0.254 e. The zero-order chi connectivity index (χ0) is 37.4. The monoisotopic (exact) mass is 723 g/mol. The Balaban J connectivity index is 2.71. The second-order valence-electron chi connectivity index (χ2n) is 15.0. The number of Topliss-reactive ketones (excluding diaryl/α,β-unsaturated/α-hetero) is 1. The molecule has 4 amide bonds. The third kappa shape index (κ3) is 12.4. The van der Waals surface area contributed by atoms with Gasteiger partial charge in [0.25, 0.3) is 11.8 Å². The fourth-order valence-corrected chi connectivity index (χ4v) is 7.73. The zero-order valence-electron chi connectivity index (χ0n) is 30.6. The number of amides is 4. The van der Waals surface area contributed by atoms with Crippen molar-refractivity contribution < 1.29 is 28.8 Å². The summed E-state index contributed by atoms with van der Waals surface area (Å²) in [4.78, 5) is 84.7. The van der Waals surface area contributed by atoms with Gasteiger partial charge in [0.2, 0.25) is 11.8 Å². The van der Waals surface area contributed by atoms with E-state index in [-0.39, 0.29) is 36.9 Å². The molecule has 2 aliphatic carbocycles. The van der Waals surface area contributed by atoms with Gasteiger partial charge in [0.1, 0.15) is 12.3 Å². The zero-order valence-corrected chi connectivity index (χ0v) is 31.5. The average Bonchev–Trinajstić information content (AvgIpc) is 3.10. The van der Waals surface area contributed by atoms with E-state index in [4.69, 9.17) is 22.9 Å². The van der Waals surface area contributed by atoms with Gasteiger partial charge in [-0.05, 0) is 63.3 Å². The Morgan fingerprint density at radius 3 is 1.82 bits per heavy atom. The molecule has 50 heavy (non-hydrogen) atoms. The molecule has 2 rings (SSSR count). The van der Waals surface area contributed by atoms with Crippen LogP contribution in [-0.2, 0) is 28.8 Å². The fraction of sp³-hybridized carbons (Fsp3) is 0.833. The van der Waals surface area contributed by atoms with E-state index in [0.29, 0.717) is 37.0 Å². The van der Waals surface area contributed by atoms with E-state index in [2.05, 4.69) is 23.3 Å². The Morgan fingerprint density at radius 1 is 0.800 bits per heavy atom. The molecular formula is C36H65N7O6S. The number of unbranched alkanes of at least 4 members (excludes halogenated alkanes) is 1. The van der Waals surface area contributed by atoms with Gasteiger partial charge in [0.15, 0.2) is 11.3 Å². The molecule has 0 radical (unpaired) electrons. The Hall–Kier alpha value is -2.39. The number of carbonyl (C=O) groups is 6. The molecule has 4 unspecified atom stereocenters. The van der Waals surface area contributed by atoms with Crippen molar-refractivity contribution in [1.82, 2.24) is 15.5 Å². The van der Waals surface area contributed by atoms with E-state index in [1.165, 1.54) is 6.92 Å². The Morgan fingerprint density at radius 2 is 1.34 bits per heavy atom. The van der Waals surface area contributed by atoms with Crippen LogP contribution < -0.4 is 33.6 Å². The number of rotatable bonds is 21. The van der Waals surface area contributed by atoms with Crippen LogP contribution in [0.2, 0.25) is 0 Å². The van der Waals surface area contributed by atoms with Crippen LogP contribution in [0.25, 0.3) is 0 Å². The van der Waals surface area contributed by atoms with Gasteiger partial charge in [-0.2, -0.15) is 12.6 Å². The maximum atomic E-state index is 14.9. The molecule has 10 N–H and O–H groups in total. The number of nitrogens with zero attached hydrogens (tertiary/aromatic N) is 1. The molecule has 0 aromatic heterocycles. The van der Waals surface area contributed by atoms with Gasteiger partial charge in [-0.3, -0.25) is 28.9 Å². The van der Waals surface area contributed by atoms with Gasteiger partial charge in [0, 0.05) is 5.75 Å². The van der Waals surface area contributed by atoms with E-state index >= 15 is 0 Å². The minimum Gasteiger partial charge on any atom is -0.343 e. The topological polar surface area (TPSA) is 234 Å². The van der Waals surface area contributed by atoms with Gasteiger partial charge in [-0.1, -0.05) is 84.5 Å². The van der Waals surface area contributed by atoms with Crippen molar-refractivity contribution in [3.05, 3.63) is 0 Å². The highest BCUT2D eigenvalue weighted by Crippen LogP contribution is 2.34. The first-order valence-electron chi connectivity index (χ1n) is 18.8. The highest BCUT2D eigenvalue weighted by molar-refractivity contribution is 7.80. The molecule has 0 bridgehead atoms. The standard InChI is InChI=1S/C36H65N7O6S/c1-23(2)20-36(35(49)42-27(21-44)22-50,31(45)29(39)18-25-12-6-4-7-13-25)43(34(48)30(40)19-26-14-8-5-9-15-26)33(47)24(3)41-32(46)28(38)16-10-11-17-37/h21,23-30,50H,4-20,22,37-40H2,1-3H3,(H,41,46)(H,42,49)/t24?,27?,28?,29-,30-,36?/m0/s1. The van der Waals surface area contributed by atoms with Crippen LogP contribution in [0.15, 0.2) is 0 Å². The van der Waals surface area contributed by atoms with Crippen molar-refractivity contribution in [1.29, 1.82) is 0 Å². The molecule has 0 heterocycles. The third-order valence-corrected chi connectivity index (χ3v) is 10.7. The van der Waals surface area contributed by atoms with Crippen LogP contribution in [0.4, 0.5) is 0 Å². The van der Waals surface area contributed by atoms with Crippen molar-refractivity contribution in [2.45, 2.75) is 159 Å². The number of hydrogen-bond acceptors (Lipinski definition) is 11. The molecule has 2 fully saturated rings. The summed E-state index contributed by atoms with van der Waals surface area (Å²) in [5, 5.41) is 5.18. The average molecular weight is 724 g/mol. The fourth-order valence-electron chi connectivity index (χ4n) is 7.55. The lowest BCUT2D eigenvalue weighted by Gasteiger charge is -2.45.